The Bertz CT molecular complexity index is 1240. The molecule has 206 valence electrons. The van der Waals surface area contributed by atoms with Crippen molar-refractivity contribution in [2.75, 3.05) is 11.5 Å². The van der Waals surface area contributed by atoms with E-state index in [-0.39, 0.29) is 12.1 Å². The van der Waals surface area contributed by atoms with Gasteiger partial charge < -0.3 is 20.9 Å². The van der Waals surface area contributed by atoms with Crippen LogP contribution in [0.3, 0.4) is 0 Å². The van der Waals surface area contributed by atoms with Gasteiger partial charge in [-0.1, -0.05) is 12.1 Å². The van der Waals surface area contributed by atoms with Crippen molar-refractivity contribution in [1.82, 2.24) is 0 Å². The van der Waals surface area contributed by atoms with E-state index in [1.807, 2.05) is 0 Å². The van der Waals surface area contributed by atoms with Gasteiger partial charge in [0.15, 0.2) is 23.0 Å². The molecule has 4 nitrogen and oxygen atoms in total. The highest BCUT2D eigenvalue weighted by atomic mass is 19.4. The van der Waals surface area contributed by atoms with Gasteiger partial charge in [-0.05, 0) is 36.4 Å². The summed E-state index contributed by atoms with van der Waals surface area (Å²) >= 11 is 0. The number of benzene rings is 3. The molecule has 0 bridgehead atoms. The van der Waals surface area contributed by atoms with Crippen molar-refractivity contribution >= 4 is 11.4 Å². The van der Waals surface area contributed by atoms with Gasteiger partial charge in [-0.25, -0.2) is 0 Å². The number of anilines is 2. The van der Waals surface area contributed by atoms with Crippen molar-refractivity contribution in [2.45, 2.75) is 24.7 Å². The lowest BCUT2D eigenvalue weighted by molar-refractivity contribution is -0.146. The van der Waals surface area contributed by atoms with Gasteiger partial charge in [0.25, 0.3) is 0 Å². The van der Waals surface area contributed by atoms with Gasteiger partial charge in [-0.2, -0.15) is 52.7 Å². The number of ether oxygens (including phenoxy) is 2. The Morgan fingerprint density at radius 3 is 1.03 bits per heavy atom. The Morgan fingerprint density at radius 1 is 0.447 bits per heavy atom. The van der Waals surface area contributed by atoms with E-state index in [1.54, 1.807) is 0 Å². The Morgan fingerprint density at radius 2 is 0.763 bits per heavy atom. The molecule has 0 amide bonds. The van der Waals surface area contributed by atoms with Crippen LogP contribution >= 0.6 is 0 Å². The molecule has 0 fully saturated rings. The number of alkyl halides is 12. The smallest absolute Gasteiger partial charge is 0.421 e. The maximum Gasteiger partial charge on any atom is 0.421 e. The minimum absolute atomic E-state index is 0.158. The van der Waals surface area contributed by atoms with Crippen LogP contribution in [0.5, 0.6) is 23.0 Å². The standard InChI is InChI=1S/C22H12F12N2O2/c23-19(24,25)9-5-7-11(35)15(21(29,30)31)17(9)37-13-3-1-2-4-14(13)38-18-10(20(26,27)28)6-8-12(36)16(18)22(32,33)34/h1-8H,35-36H2. The van der Waals surface area contributed by atoms with Gasteiger partial charge in [0, 0.05) is 11.4 Å². The topological polar surface area (TPSA) is 70.5 Å². The molecule has 0 aliphatic heterocycles. The zero-order valence-corrected chi connectivity index (χ0v) is 18.1. The molecule has 0 aliphatic rings. The molecule has 0 aliphatic carbocycles. The summed E-state index contributed by atoms with van der Waals surface area (Å²) in [6.45, 7) is 0. The minimum Gasteiger partial charge on any atom is -0.452 e. The second-order valence-electron chi connectivity index (χ2n) is 7.45. The van der Waals surface area contributed by atoms with Gasteiger partial charge >= 0.3 is 24.7 Å². The molecular formula is C22H12F12N2O2. The number of halogens is 12. The predicted molar refractivity (Wildman–Crippen MR) is 108 cm³/mol. The molecule has 0 spiro atoms. The fourth-order valence-electron chi connectivity index (χ4n) is 3.28. The first-order valence-corrected chi connectivity index (χ1v) is 9.81. The Balaban J connectivity index is 2.27. The quantitative estimate of drug-likeness (QED) is 0.246. The Kier molecular flexibility index (Phi) is 7.07. The molecule has 3 rings (SSSR count). The van der Waals surface area contributed by atoms with Crippen LogP contribution < -0.4 is 20.9 Å². The summed E-state index contributed by atoms with van der Waals surface area (Å²) in [5.41, 5.74) is -0.0856. The van der Waals surface area contributed by atoms with Crippen molar-refractivity contribution in [1.29, 1.82) is 0 Å². The number of nitrogens with two attached hydrogens (primary N) is 2. The van der Waals surface area contributed by atoms with Gasteiger partial charge in [-0.15, -0.1) is 0 Å². The van der Waals surface area contributed by atoms with E-state index in [1.165, 1.54) is 0 Å². The molecule has 0 radical (unpaired) electrons. The Hall–Kier alpha value is -3.98. The lowest BCUT2D eigenvalue weighted by Gasteiger charge is -2.23. The largest absolute Gasteiger partial charge is 0.452 e. The van der Waals surface area contributed by atoms with Crippen molar-refractivity contribution in [3.63, 3.8) is 0 Å². The minimum atomic E-state index is -5.52. The molecule has 16 heteroatoms. The number of hydrogen-bond acceptors (Lipinski definition) is 4. The maximum atomic E-state index is 13.6. The highest BCUT2D eigenvalue weighted by Gasteiger charge is 2.46. The lowest BCUT2D eigenvalue weighted by atomic mass is 10.0. The molecule has 4 N–H and O–H groups in total. The average Bonchev–Trinajstić information content (AvgIpc) is 2.71. The third-order valence-corrected chi connectivity index (χ3v) is 4.83. The second kappa shape index (κ2) is 9.40. The Labute approximate surface area is 204 Å². The molecular weight excluding hydrogens is 552 g/mol. The highest BCUT2D eigenvalue weighted by molar-refractivity contribution is 5.63. The van der Waals surface area contributed by atoms with Gasteiger partial charge in [-0.3, -0.25) is 0 Å². The number of para-hydroxylation sites is 2. The number of hydrogen-bond donors (Lipinski definition) is 2. The van der Waals surface area contributed by atoms with Crippen LogP contribution in [0.15, 0.2) is 48.5 Å². The van der Waals surface area contributed by atoms with Gasteiger partial charge in [0.2, 0.25) is 0 Å². The summed E-state index contributed by atoms with van der Waals surface area (Å²) in [7, 11) is 0. The zero-order chi connectivity index (χ0) is 28.8. The maximum absolute atomic E-state index is 13.6. The van der Waals surface area contributed by atoms with E-state index < -0.39 is 81.3 Å². The summed E-state index contributed by atoms with van der Waals surface area (Å²) in [6.07, 6.45) is -21.9. The molecule has 3 aromatic carbocycles. The van der Waals surface area contributed by atoms with Crippen LogP contribution in [0, 0.1) is 0 Å². The van der Waals surface area contributed by atoms with Crippen LogP contribution in [0.4, 0.5) is 64.1 Å². The number of rotatable bonds is 4. The first-order valence-electron chi connectivity index (χ1n) is 9.81. The molecule has 0 heterocycles. The fraction of sp³-hybridized carbons (Fsp3) is 0.182. The lowest BCUT2D eigenvalue weighted by Crippen LogP contribution is -2.17. The summed E-state index contributed by atoms with van der Waals surface area (Å²) in [5.74, 6) is -6.00. The van der Waals surface area contributed by atoms with Crippen molar-refractivity contribution in [3.8, 4) is 23.0 Å². The van der Waals surface area contributed by atoms with E-state index in [0.717, 1.165) is 12.1 Å². The second-order valence-corrected chi connectivity index (χ2v) is 7.45. The summed E-state index contributed by atoms with van der Waals surface area (Å²) in [4.78, 5) is 0. The zero-order valence-electron chi connectivity index (χ0n) is 18.1. The predicted octanol–water partition coefficient (Wildman–Crippen LogP) is 8.51. The molecule has 0 saturated heterocycles. The molecule has 0 atom stereocenters. The van der Waals surface area contributed by atoms with Crippen LogP contribution in [-0.4, -0.2) is 0 Å². The number of nitrogen functional groups attached to an aromatic ring is 2. The van der Waals surface area contributed by atoms with E-state index in [0.29, 0.717) is 24.3 Å². The average molecular weight is 564 g/mol. The first kappa shape index (κ1) is 28.6. The SMILES string of the molecule is Nc1ccc(C(F)(F)F)c(Oc2ccccc2Oc2c(C(F)(F)F)ccc(N)c2C(F)(F)F)c1C(F)(F)F. The molecule has 3 aromatic rings. The van der Waals surface area contributed by atoms with Crippen LogP contribution in [0.25, 0.3) is 0 Å². The summed E-state index contributed by atoms with van der Waals surface area (Å²) in [5, 5.41) is 0. The van der Waals surface area contributed by atoms with Crippen LogP contribution in [0.2, 0.25) is 0 Å². The molecule has 0 saturated carbocycles. The van der Waals surface area contributed by atoms with Crippen molar-refractivity contribution in [2.24, 2.45) is 0 Å². The van der Waals surface area contributed by atoms with Gasteiger partial charge in [0.05, 0.1) is 11.1 Å². The summed E-state index contributed by atoms with van der Waals surface area (Å²) in [6, 6.07) is 4.16. The summed E-state index contributed by atoms with van der Waals surface area (Å²) < 4.78 is 173. The van der Waals surface area contributed by atoms with Gasteiger partial charge in [0.1, 0.15) is 11.1 Å². The van der Waals surface area contributed by atoms with Crippen molar-refractivity contribution in [3.05, 3.63) is 70.8 Å². The highest BCUT2D eigenvalue weighted by Crippen LogP contribution is 2.52. The van der Waals surface area contributed by atoms with E-state index in [9.17, 15) is 52.7 Å². The normalized spacial score (nSPS) is 12.9. The van der Waals surface area contributed by atoms with E-state index >= 15 is 0 Å². The fourth-order valence-corrected chi connectivity index (χ4v) is 3.28. The van der Waals surface area contributed by atoms with Crippen molar-refractivity contribution < 1.29 is 62.2 Å². The monoisotopic (exact) mass is 564 g/mol. The molecule has 0 unspecified atom stereocenters. The van der Waals surface area contributed by atoms with E-state index in [4.69, 9.17) is 20.9 Å². The molecule has 38 heavy (non-hydrogen) atoms. The van der Waals surface area contributed by atoms with E-state index in [2.05, 4.69) is 0 Å². The van der Waals surface area contributed by atoms with Crippen LogP contribution in [-0.2, 0) is 24.7 Å². The first-order chi connectivity index (χ1) is 17.2. The third kappa shape index (κ3) is 5.78. The third-order valence-electron chi connectivity index (χ3n) is 4.83. The molecule has 0 aromatic heterocycles. The van der Waals surface area contributed by atoms with Crippen LogP contribution in [0.1, 0.15) is 22.3 Å².